The molecule has 2 rings (SSSR count). The Kier molecular flexibility index (Phi) is 5.08. The molecule has 2 unspecified atom stereocenters. The number of likely N-dealkylation sites (tertiary alicyclic amines) is 1. The molecule has 0 N–H and O–H groups in total. The lowest BCUT2D eigenvalue weighted by Gasteiger charge is -2.34. The first-order valence-electron chi connectivity index (χ1n) is 6.76. The van der Waals surface area contributed by atoms with Crippen LogP contribution < -0.4 is 4.74 Å². The smallest absolute Gasteiger partial charge is 0.226 e. The SMILES string of the molecule is CC1CCN(C(=O)CCOc2ccccc2)CC1Cl. The van der Waals surface area contributed by atoms with E-state index in [2.05, 4.69) is 6.92 Å². The van der Waals surface area contributed by atoms with E-state index in [1.165, 1.54) is 0 Å². The molecule has 1 amide bonds. The van der Waals surface area contributed by atoms with Gasteiger partial charge in [-0.3, -0.25) is 4.79 Å². The number of halogens is 1. The number of hydrogen-bond acceptors (Lipinski definition) is 2. The molecule has 4 heteroatoms. The normalized spacial score (nSPS) is 23.2. The van der Waals surface area contributed by atoms with Crippen LogP contribution in [0.25, 0.3) is 0 Å². The van der Waals surface area contributed by atoms with Crippen LogP contribution in [0.3, 0.4) is 0 Å². The first-order chi connectivity index (χ1) is 9.16. The van der Waals surface area contributed by atoms with Crippen LogP contribution in [-0.4, -0.2) is 35.9 Å². The molecule has 2 atom stereocenters. The lowest BCUT2D eigenvalue weighted by atomic mass is 9.98. The van der Waals surface area contributed by atoms with Crippen LogP contribution in [0.15, 0.2) is 30.3 Å². The molecule has 19 heavy (non-hydrogen) atoms. The molecule has 0 bridgehead atoms. The zero-order chi connectivity index (χ0) is 13.7. The monoisotopic (exact) mass is 281 g/mol. The largest absolute Gasteiger partial charge is 0.493 e. The molecule has 0 spiro atoms. The summed E-state index contributed by atoms with van der Waals surface area (Å²) in [6.07, 6.45) is 1.40. The van der Waals surface area contributed by atoms with Crippen molar-refractivity contribution < 1.29 is 9.53 Å². The molecular formula is C15H20ClNO2. The number of nitrogens with zero attached hydrogens (tertiary/aromatic N) is 1. The van der Waals surface area contributed by atoms with Crippen molar-refractivity contribution in [3.63, 3.8) is 0 Å². The van der Waals surface area contributed by atoms with Gasteiger partial charge in [-0.15, -0.1) is 11.6 Å². The molecule has 104 valence electrons. The highest BCUT2D eigenvalue weighted by molar-refractivity contribution is 6.21. The minimum atomic E-state index is 0.0766. The predicted octanol–water partition coefficient (Wildman–Crippen LogP) is 2.93. The third-order valence-electron chi connectivity index (χ3n) is 3.55. The van der Waals surface area contributed by atoms with Crippen LogP contribution in [0.1, 0.15) is 19.8 Å². The molecule has 1 heterocycles. The van der Waals surface area contributed by atoms with Gasteiger partial charge in [0.1, 0.15) is 5.75 Å². The number of benzene rings is 1. The second-order valence-electron chi connectivity index (χ2n) is 5.03. The molecule has 1 saturated heterocycles. The third kappa shape index (κ3) is 4.13. The van der Waals surface area contributed by atoms with Crippen LogP contribution >= 0.6 is 11.6 Å². The Morgan fingerprint density at radius 3 is 2.84 bits per heavy atom. The number of para-hydroxylation sites is 1. The van der Waals surface area contributed by atoms with Gasteiger partial charge in [-0.1, -0.05) is 25.1 Å². The Hall–Kier alpha value is -1.22. The van der Waals surface area contributed by atoms with Gasteiger partial charge in [-0.05, 0) is 24.5 Å². The van der Waals surface area contributed by atoms with Crippen molar-refractivity contribution in [3.05, 3.63) is 30.3 Å². The Morgan fingerprint density at radius 1 is 1.42 bits per heavy atom. The lowest BCUT2D eigenvalue weighted by molar-refractivity contribution is -0.132. The van der Waals surface area contributed by atoms with Gasteiger partial charge < -0.3 is 9.64 Å². The molecule has 1 aliphatic rings. The molecular weight excluding hydrogens is 262 g/mol. The van der Waals surface area contributed by atoms with Gasteiger partial charge in [0.2, 0.25) is 5.91 Å². The van der Waals surface area contributed by atoms with E-state index < -0.39 is 0 Å². The molecule has 3 nitrogen and oxygen atoms in total. The molecule has 0 aliphatic carbocycles. The van der Waals surface area contributed by atoms with E-state index in [1.807, 2.05) is 35.2 Å². The van der Waals surface area contributed by atoms with Gasteiger partial charge in [0.15, 0.2) is 0 Å². The standard InChI is InChI=1S/C15H20ClNO2/c1-12-7-9-17(11-14(12)16)15(18)8-10-19-13-5-3-2-4-6-13/h2-6,12,14H,7-11H2,1H3. The summed E-state index contributed by atoms with van der Waals surface area (Å²) in [5.41, 5.74) is 0. The summed E-state index contributed by atoms with van der Waals surface area (Å²) in [5, 5.41) is 0.0766. The fourth-order valence-corrected chi connectivity index (χ4v) is 2.47. The highest BCUT2D eigenvalue weighted by atomic mass is 35.5. The average molecular weight is 282 g/mol. The maximum Gasteiger partial charge on any atom is 0.226 e. The Labute approximate surface area is 119 Å². The molecule has 0 radical (unpaired) electrons. The van der Waals surface area contributed by atoms with Crippen molar-refractivity contribution >= 4 is 17.5 Å². The summed E-state index contributed by atoms with van der Waals surface area (Å²) in [6.45, 7) is 4.03. The number of hydrogen-bond donors (Lipinski definition) is 0. The van der Waals surface area contributed by atoms with Crippen molar-refractivity contribution in [3.8, 4) is 5.75 Å². The minimum absolute atomic E-state index is 0.0766. The van der Waals surface area contributed by atoms with E-state index in [0.29, 0.717) is 25.5 Å². The second kappa shape index (κ2) is 6.80. The zero-order valence-corrected chi connectivity index (χ0v) is 12.0. The maximum atomic E-state index is 12.0. The predicted molar refractivity (Wildman–Crippen MR) is 76.6 cm³/mol. The van der Waals surface area contributed by atoms with Crippen LogP contribution in [0, 0.1) is 5.92 Å². The fourth-order valence-electron chi connectivity index (χ4n) is 2.18. The average Bonchev–Trinajstić information content (AvgIpc) is 2.43. The van der Waals surface area contributed by atoms with E-state index in [9.17, 15) is 4.79 Å². The molecule has 1 aliphatic heterocycles. The summed E-state index contributed by atoms with van der Waals surface area (Å²) in [4.78, 5) is 13.9. The topological polar surface area (TPSA) is 29.5 Å². The Morgan fingerprint density at radius 2 is 2.16 bits per heavy atom. The Bertz CT molecular complexity index is 410. The fraction of sp³-hybridized carbons (Fsp3) is 0.533. The molecule has 1 aromatic carbocycles. The first-order valence-corrected chi connectivity index (χ1v) is 7.20. The quantitative estimate of drug-likeness (QED) is 0.794. The van der Waals surface area contributed by atoms with Crippen molar-refractivity contribution in [1.29, 1.82) is 0 Å². The highest BCUT2D eigenvalue weighted by Gasteiger charge is 2.26. The number of ether oxygens (including phenoxy) is 1. The van der Waals surface area contributed by atoms with Gasteiger partial charge in [0.25, 0.3) is 0 Å². The molecule has 0 saturated carbocycles. The van der Waals surface area contributed by atoms with Gasteiger partial charge in [-0.2, -0.15) is 0 Å². The lowest BCUT2D eigenvalue weighted by Crippen LogP contribution is -2.44. The van der Waals surface area contributed by atoms with E-state index in [1.54, 1.807) is 0 Å². The van der Waals surface area contributed by atoms with Crippen LogP contribution in [0.4, 0.5) is 0 Å². The Balaban J connectivity index is 1.73. The summed E-state index contributed by atoms with van der Waals surface area (Å²) >= 11 is 6.21. The van der Waals surface area contributed by atoms with Crippen LogP contribution in [0.5, 0.6) is 5.75 Å². The first kappa shape index (κ1) is 14.2. The van der Waals surface area contributed by atoms with Crippen molar-refractivity contribution in [2.24, 2.45) is 5.92 Å². The minimum Gasteiger partial charge on any atom is -0.493 e. The molecule has 0 aromatic heterocycles. The van der Waals surface area contributed by atoms with Gasteiger partial charge in [0.05, 0.1) is 18.4 Å². The summed E-state index contributed by atoms with van der Waals surface area (Å²) < 4.78 is 5.53. The number of carbonyl (C=O) groups excluding carboxylic acids is 1. The van der Waals surface area contributed by atoms with E-state index >= 15 is 0 Å². The van der Waals surface area contributed by atoms with E-state index in [-0.39, 0.29) is 11.3 Å². The highest BCUT2D eigenvalue weighted by Crippen LogP contribution is 2.22. The third-order valence-corrected chi connectivity index (χ3v) is 4.12. The number of amides is 1. The van der Waals surface area contributed by atoms with Crippen molar-refractivity contribution in [2.45, 2.75) is 25.1 Å². The molecule has 1 aromatic rings. The number of carbonyl (C=O) groups is 1. The number of rotatable bonds is 4. The van der Waals surface area contributed by atoms with Crippen molar-refractivity contribution in [2.75, 3.05) is 19.7 Å². The van der Waals surface area contributed by atoms with E-state index in [4.69, 9.17) is 16.3 Å². The van der Waals surface area contributed by atoms with Gasteiger partial charge >= 0.3 is 0 Å². The van der Waals surface area contributed by atoms with Crippen LogP contribution in [-0.2, 0) is 4.79 Å². The second-order valence-corrected chi connectivity index (χ2v) is 5.59. The van der Waals surface area contributed by atoms with E-state index in [0.717, 1.165) is 18.7 Å². The molecule has 1 fully saturated rings. The summed E-state index contributed by atoms with van der Waals surface area (Å²) in [6, 6.07) is 9.56. The number of alkyl halides is 1. The maximum absolute atomic E-state index is 12.0. The van der Waals surface area contributed by atoms with Crippen molar-refractivity contribution in [1.82, 2.24) is 4.90 Å². The van der Waals surface area contributed by atoms with Gasteiger partial charge in [0, 0.05) is 13.1 Å². The summed E-state index contributed by atoms with van der Waals surface area (Å²) in [5.74, 6) is 1.43. The van der Waals surface area contributed by atoms with Crippen LogP contribution in [0.2, 0.25) is 0 Å². The summed E-state index contributed by atoms with van der Waals surface area (Å²) in [7, 11) is 0. The van der Waals surface area contributed by atoms with Gasteiger partial charge in [-0.25, -0.2) is 0 Å². The number of piperidine rings is 1. The zero-order valence-electron chi connectivity index (χ0n) is 11.2.